The number of nitrogens with zero attached hydrogens (tertiary/aromatic N) is 1. The molecule has 4 nitrogen and oxygen atoms in total. The molecule has 3 atom stereocenters. The third-order valence-corrected chi connectivity index (χ3v) is 5.52. The molecule has 1 aliphatic heterocycles. The first-order chi connectivity index (χ1) is 9.81. The van der Waals surface area contributed by atoms with Crippen molar-refractivity contribution in [1.82, 2.24) is 15.5 Å². The number of carbonyl (C=O) groups excluding carboxylic acids is 1. The Kier molecular flexibility index (Phi) is 6.77. The van der Waals surface area contributed by atoms with Gasteiger partial charge in [0.2, 0.25) is 5.91 Å². The van der Waals surface area contributed by atoms with Crippen LogP contribution in [0.3, 0.4) is 0 Å². The normalized spacial score (nSPS) is 31.9. The lowest BCUT2D eigenvalue weighted by molar-refractivity contribution is -0.122. The summed E-state index contributed by atoms with van der Waals surface area (Å²) in [5, 5.41) is 6.49. The second kappa shape index (κ2) is 8.35. The van der Waals surface area contributed by atoms with Crippen LogP contribution in [0.4, 0.5) is 0 Å². The van der Waals surface area contributed by atoms with E-state index >= 15 is 0 Å². The second-order valence-corrected chi connectivity index (χ2v) is 6.93. The lowest BCUT2D eigenvalue weighted by atomic mass is 9.86. The Morgan fingerprint density at radius 2 is 2.00 bits per heavy atom. The van der Waals surface area contributed by atoms with Gasteiger partial charge in [-0.25, -0.2) is 0 Å². The minimum Gasteiger partial charge on any atom is -0.356 e. The summed E-state index contributed by atoms with van der Waals surface area (Å²) in [6.45, 7) is 6.49. The van der Waals surface area contributed by atoms with E-state index in [1.807, 2.05) is 0 Å². The lowest BCUT2D eigenvalue weighted by Crippen LogP contribution is -2.44. The highest BCUT2D eigenvalue weighted by Gasteiger charge is 2.39. The maximum absolute atomic E-state index is 12.0. The third kappa shape index (κ3) is 4.83. The van der Waals surface area contributed by atoms with Crippen LogP contribution in [0.1, 0.15) is 38.5 Å². The highest BCUT2D eigenvalue weighted by molar-refractivity contribution is 5.85. The fourth-order valence-electron chi connectivity index (χ4n) is 4.40. The molecule has 3 fully saturated rings. The highest BCUT2D eigenvalue weighted by atomic mass is 35.5. The number of hydrogen-bond acceptors (Lipinski definition) is 3. The standard InChI is InChI=1S/C16H29N3O.ClH/c20-16(12-15-11-13-2-3-14(15)10-13)18-4-1-7-19-8-5-17-6-9-19;/h13-15,17H,1-12H2,(H,18,20);1H. The Hall–Kier alpha value is -0.320. The predicted octanol–water partition coefficient (Wildman–Crippen LogP) is 1.65. The zero-order chi connectivity index (χ0) is 13.8. The summed E-state index contributed by atoms with van der Waals surface area (Å²) in [5.41, 5.74) is 0. The van der Waals surface area contributed by atoms with Gasteiger partial charge >= 0.3 is 0 Å². The summed E-state index contributed by atoms with van der Waals surface area (Å²) in [5.74, 6) is 2.81. The van der Waals surface area contributed by atoms with E-state index < -0.39 is 0 Å². The maximum Gasteiger partial charge on any atom is 0.220 e. The third-order valence-electron chi connectivity index (χ3n) is 5.52. The number of amides is 1. The van der Waals surface area contributed by atoms with Crippen LogP contribution in [0, 0.1) is 17.8 Å². The average Bonchev–Trinajstić information content (AvgIpc) is 3.07. The van der Waals surface area contributed by atoms with Gasteiger partial charge in [-0.3, -0.25) is 4.79 Å². The number of fused-ring (bicyclic) bond motifs is 2. The average molecular weight is 316 g/mol. The summed E-state index contributed by atoms with van der Waals surface area (Å²) in [7, 11) is 0. The fraction of sp³-hybridized carbons (Fsp3) is 0.938. The number of rotatable bonds is 6. The Balaban J connectivity index is 0.00000161. The zero-order valence-corrected chi connectivity index (χ0v) is 13.8. The quantitative estimate of drug-likeness (QED) is 0.733. The van der Waals surface area contributed by atoms with E-state index in [0.717, 1.165) is 63.9 Å². The summed E-state index contributed by atoms with van der Waals surface area (Å²) in [6, 6.07) is 0. The van der Waals surface area contributed by atoms with Gasteiger partial charge in [0, 0.05) is 39.1 Å². The second-order valence-electron chi connectivity index (χ2n) is 6.93. The molecule has 2 bridgehead atoms. The monoisotopic (exact) mass is 315 g/mol. The van der Waals surface area contributed by atoms with Crippen molar-refractivity contribution in [3.63, 3.8) is 0 Å². The van der Waals surface area contributed by atoms with Crippen molar-refractivity contribution in [2.75, 3.05) is 39.3 Å². The van der Waals surface area contributed by atoms with E-state index in [2.05, 4.69) is 15.5 Å². The van der Waals surface area contributed by atoms with Crippen LogP contribution in [0.2, 0.25) is 0 Å². The van der Waals surface area contributed by atoms with Crippen molar-refractivity contribution in [2.24, 2.45) is 17.8 Å². The Morgan fingerprint density at radius 3 is 2.67 bits per heavy atom. The summed E-state index contributed by atoms with van der Waals surface area (Å²) >= 11 is 0. The van der Waals surface area contributed by atoms with Crippen LogP contribution in [-0.4, -0.2) is 50.1 Å². The maximum atomic E-state index is 12.0. The summed E-state index contributed by atoms with van der Waals surface area (Å²) in [4.78, 5) is 14.5. The summed E-state index contributed by atoms with van der Waals surface area (Å²) < 4.78 is 0. The van der Waals surface area contributed by atoms with Crippen LogP contribution < -0.4 is 10.6 Å². The van der Waals surface area contributed by atoms with Gasteiger partial charge in [-0.1, -0.05) is 6.42 Å². The van der Waals surface area contributed by atoms with Crippen LogP contribution in [-0.2, 0) is 4.79 Å². The van der Waals surface area contributed by atoms with Crippen molar-refractivity contribution >= 4 is 18.3 Å². The first-order valence-electron chi connectivity index (χ1n) is 8.51. The molecule has 0 aromatic heterocycles. The Bertz CT molecular complexity index is 333. The Labute approximate surface area is 134 Å². The molecular weight excluding hydrogens is 286 g/mol. The fourth-order valence-corrected chi connectivity index (χ4v) is 4.40. The first-order valence-corrected chi connectivity index (χ1v) is 8.51. The molecule has 0 aromatic rings. The van der Waals surface area contributed by atoms with E-state index in [-0.39, 0.29) is 12.4 Å². The summed E-state index contributed by atoms with van der Waals surface area (Å²) in [6.07, 6.45) is 7.40. The van der Waals surface area contributed by atoms with Crippen LogP contribution in [0.15, 0.2) is 0 Å². The SMILES string of the molecule is Cl.O=C(CC1CC2CCC1C2)NCCCN1CCNCC1. The smallest absolute Gasteiger partial charge is 0.220 e. The topological polar surface area (TPSA) is 44.4 Å². The molecule has 2 saturated carbocycles. The molecule has 5 heteroatoms. The molecule has 1 saturated heterocycles. The van der Waals surface area contributed by atoms with Gasteiger partial charge in [0.05, 0.1) is 0 Å². The molecule has 3 rings (SSSR count). The molecule has 1 amide bonds. The van der Waals surface area contributed by atoms with Crippen LogP contribution in [0.25, 0.3) is 0 Å². The number of nitrogens with one attached hydrogen (secondary N) is 2. The molecule has 1 heterocycles. The van der Waals surface area contributed by atoms with E-state index in [1.54, 1.807) is 0 Å². The van der Waals surface area contributed by atoms with Gasteiger partial charge in [0.25, 0.3) is 0 Å². The number of carbonyl (C=O) groups is 1. The zero-order valence-electron chi connectivity index (χ0n) is 13.0. The minimum absolute atomic E-state index is 0. The van der Waals surface area contributed by atoms with E-state index in [1.165, 1.54) is 25.7 Å². The molecular formula is C16H30ClN3O. The largest absolute Gasteiger partial charge is 0.356 e. The van der Waals surface area contributed by atoms with E-state index in [4.69, 9.17) is 0 Å². The molecule has 2 N–H and O–H groups in total. The molecule has 0 aromatic carbocycles. The number of piperazine rings is 1. The molecule has 3 aliphatic rings. The molecule has 122 valence electrons. The van der Waals surface area contributed by atoms with Crippen molar-refractivity contribution in [3.05, 3.63) is 0 Å². The van der Waals surface area contributed by atoms with E-state index in [9.17, 15) is 4.79 Å². The van der Waals surface area contributed by atoms with Crippen molar-refractivity contribution in [1.29, 1.82) is 0 Å². The number of halogens is 1. The van der Waals surface area contributed by atoms with Crippen molar-refractivity contribution < 1.29 is 4.79 Å². The van der Waals surface area contributed by atoms with Gasteiger partial charge in [-0.05, 0) is 50.0 Å². The molecule has 21 heavy (non-hydrogen) atoms. The Morgan fingerprint density at radius 1 is 1.19 bits per heavy atom. The van der Waals surface area contributed by atoms with Gasteiger partial charge in [0.15, 0.2) is 0 Å². The number of hydrogen-bond donors (Lipinski definition) is 2. The first kappa shape index (κ1) is 17.0. The van der Waals surface area contributed by atoms with Gasteiger partial charge in [-0.15, -0.1) is 12.4 Å². The van der Waals surface area contributed by atoms with Gasteiger partial charge < -0.3 is 15.5 Å². The van der Waals surface area contributed by atoms with Crippen LogP contribution >= 0.6 is 12.4 Å². The highest BCUT2D eigenvalue weighted by Crippen LogP contribution is 2.49. The molecule has 3 unspecified atom stereocenters. The lowest BCUT2D eigenvalue weighted by Gasteiger charge is -2.27. The molecule has 0 radical (unpaired) electrons. The van der Waals surface area contributed by atoms with E-state index in [0.29, 0.717) is 11.8 Å². The molecule has 0 spiro atoms. The minimum atomic E-state index is 0. The molecule has 2 aliphatic carbocycles. The van der Waals surface area contributed by atoms with Gasteiger partial charge in [0.1, 0.15) is 0 Å². The van der Waals surface area contributed by atoms with Gasteiger partial charge in [-0.2, -0.15) is 0 Å². The van der Waals surface area contributed by atoms with Crippen LogP contribution in [0.5, 0.6) is 0 Å². The predicted molar refractivity (Wildman–Crippen MR) is 87.7 cm³/mol. The van der Waals surface area contributed by atoms with Crippen molar-refractivity contribution in [2.45, 2.75) is 38.5 Å². The van der Waals surface area contributed by atoms with Crippen molar-refractivity contribution in [3.8, 4) is 0 Å².